The van der Waals surface area contributed by atoms with E-state index in [-0.39, 0.29) is 25.5 Å². The quantitative estimate of drug-likeness (QED) is 0.267. The molecule has 0 saturated carbocycles. The predicted octanol–water partition coefficient (Wildman–Crippen LogP) is -1.51. The average Bonchev–Trinajstić information content (AvgIpc) is 2.23. The molecule has 0 saturated heterocycles. The summed E-state index contributed by atoms with van der Waals surface area (Å²) in [5, 5.41) is 23.9. The molecule has 0 aliphatic carbocycles. The van der Waals surface area contributed by atoms with Gasteiger partial charge in [0.15, 0.2) is 0 Å². The summed E-state index contributed by atoms with van der Waals surface area (Å²) in [6.07, 6.45) is -1.52. The van der Waals surface area contributed by atoms with Gasteiger partial charge in [-0.15, -0.1) is 0 Å². The summed E-state index contributed by atoms with van der Waals surface area (Å²) in [6, 6.07) is 0. The summed E-state index contributed by atoms with van der Waals surface area (Å²) in [7, 11) is 0. The normalized spacial score (nSPS) is 15.2. The highest BCUT2D eigenvalue weighted by atomic mass is 16.6. The monoisotopic (exact) mass is 263 g/mol. The first-order valence-electron chi connectivity index (χ1n) is 5.99. The second-order valence-electron chi connectivity index (χ2n) is 4.97. The van der Waals surface area contributed by atoms with Gasteiger partial charge in [0.05, 0.1) is 6.42 Å². The summed E-state index contributed by atoms with van der Waals surface area (Å²) in [5.74, 6) is -0.322. The number of hydrogen-bond acceptors (Lipinski definition) is 7. The van der Waals surface area contributed by atoms with E-state index in [4.69, 9.17) is 15.6 Å². The van der Waals surface area contributed by atoms with Crippen LogP contribution in [0.1, 0.15) is 27.2 Å². The average molecular weight is 263 g/mol. The molecule has 0 fully saturated rings. The summed E-state index contributed by atoms with van der Waals surface area (Å²) in [4.78, 5) is 11.3. The van der Waals surface area contributed by atoms with E-state index in [1.807, 2.05) is 0 Å². The van der Waals surface area contributed by atoms with Crippen LogP contribution >= 0.6 is 0 Å². The molecular weight excluding hydrogens is 238 g/mol. The Hall–Kier alpha value is -0.730. The summed E-state index contributed by atoms with van der Waals surface area (Å²) < 4.78 is 5.10. The molecule has 2 atom stereocenters. The lowest BCUT2D eigenvalue weighted by Gasteiger charge is -2.20. The number of aliphatic hydroxyl groups excluding tert-OH is 2. The van der Waals surface area contributed by atoms with Crippen LogP contribution in [0.5, 0.6) is 0 Å². The molecule has 0 aromatic heterocycles. The van der Waals surface area contributed by atoms with Crippen molar-refractivity contribution in [2.45, 2.75) is 45.2 Å². The number of hydrogen-bond donors (Lipinski definition) is 5. The van der Waals surface area contributed by atoms with Crippen molar-refractivity contribution in [3.8, 4) is 0 Å². The van der Waals surface area contributed by atoms with Gasteiger partial charge in [-0.05, 0) is 20.8 Å². The van der Waals surface area contributed by atoms with Crippen LogP contribution in [0, 0.1) is 0 Å². The molecule has 18 heavy (non-hydrogen) atoms. The van der Waals surface area contributed by atoms with Gasteiger partial charge in [0.1, 0.15) is 18.1 Å². The fraction of sp³-hybridized carbons (Fsp3) is 0.909. The van der Waals surface area contributed by atoms with E-state index < -0.39 is 18.1 Å². The largest absolute Gasteiger partial charge is 0.460 e. The topological polar surface area (TPSA) is 117 Å². The lowest BCUT2D eigenvalue weighted by molar-refractivity contribution is -0.154. The van der Waals surface area contributed by atoms with Crippen LogP contribution in [0.25, 0.3) is 0 Å². The molecule has 0 aliphatic heterocycles. The van der Waals surface area contributed by atoms with Crippen molar-refractivity contribution < 1.29 is 19.7 Å². The minimum atomic E-state index is -0.853. The minimum Gasteiger partial charge on any atom is -0.460 e. The number of esters is 1. The molecule has 2 unspecified atom stereocenters. The van der Waals surface area contributed by atoms with Crippen LogP contribution in [0.3, 0.4) is 0 Å². The Labute approximate surface area is 108 Å². The third-order valence-corrected chi connectivity index (χ3v) is 1.90. The Morgan fingerprint density at radius 2 is 1.89 bits per heavy atom. The molecule has 108 valence electrons. The second kappa shape index (κ2) is 8.39. The van der Waals surface area contributed by atoms with Crippen molar-refractivity contribution in [2.24, 2.45) is 5.73 Å². The first kappa shape index (κ1) is 17.3. The van der Waals surface area contributed by atoms with Crippen molar-refractivity contribution in [3.05, 3.63) is 0 Å². The van der Waals surface area contributed by atoms with E-state index in [2.05, 4.69) is 10.6 Å². The molecule has 0 bridgehead atoms. The molecule has 0 rings (SSSR count). The fourth-order valence-electron chi connectivity index (χ4n) is 1.14. The van der Waals surface area contributed by atoms with Crippen molar-refractivity contribution in [3.63, 3.8) is 0 Å². The Kier molecular flexibility index (Phi) is 8.05. The maximum Gasteiger partial charge on any atom is 0.307 e. The number of nitrogens with one attached hydrogen (secondary N) is 2. The Morgan fingerprint density at radius 3 is 2.39 bits per heavy atom. The molecule has 0 spiro atoms. The van der Waals surface area contributed by atoms with Gasteiger partial charge in [0, 0.05) is 19.6 Å². The van der Waals surface area contributed by atoms with E-state index in [1.54, 1.807) is 20.8 Å². The predicted molar refractivity (Wildman–Crippen MR) is 67.5 cm³/mol. The van der Waals surface area contributed by atoms with Crippen molar-refractivity contribution in [2.75, 3.05) is 19.6 Å². The first-order chi connectivity index (χ1) is 8.24. The molecule has 0 heterocycles. The number of aliphatic hydroxyl groups is 2. The molecule has 0 aromatic rings. The zero-order chi connectivity index (χ0) is 14.2. The SMILES string of the molecule is CC(C)(C)OC(=O)CCNC(O)CNC(O)CN. The zero-order valence-electron chi connectivity index (χ0n) is 11.3. The van der Waals surface area contributed by atoms with Crippen LogP contribution in [-0.2, 0) is 9.53 Å². The third kappa shape index (κ3) is 10.4. The zero-order valence-corrected chi connectivity index (χ0v) is 11.3. The van der Waals surface area contributed by atoms with Crippen LogP contribution in [0.2, 0.25) is 0 Å². The molecule has 7 heteroatoms. The van der Waals surface area contributed by atoms with Crippen molar-refractivity contribution >= 4 is 5.97 Å². The van der Waals surface area contributed by atoms with Crippen LogP contribution in [0.4, 0.5) is 0 Å². The van der Waals surface area contributed by atoms with Gasteiger partial charge in [0.25, 0.3) is 0 Å². The number of carbonyl (C=O) groups excluding carboxylic acids is 1. The maximum absolute atomic E-state index is 11.3. The maximum atomic E-state index is 11.3. The fourth-order valence-corrected chi connectivity index (χ4v) is 1.14. The molecule has 7 nitrogen and oxygen atoms in total. The molecular formula is C11H25N3O4. The van der Waals surface area contributed by atoms with Gasteiger partial charge in [-0.25, -0.2) is 0 Å². The van der Waals surface area contributed by atoms with Gasteiger partial charge in [0.2, 0.25) is 0 Å². The van der Waals surface area contributed by atoms with Crippen LogP contribution < -0.4 is 16.4 Å². The van der Waals surface area contributed by atoms with E-state index in [1.165, 1.54) is 0 Å². The van der Waals surface area contributed by atoms with Crippen molar-refractivity contribution in [1.29, 1.82) is 0 Å². The van der Waals surface area contributed by atoms with E-state index in [0.717, 1.165) is 0 Å². The summed E-state index contributed by atoms with van der Waals surface area (Å²) in [6.45, 7) is 5.91. The van der Waals surface area contributed by atoms with Crippen molar-refractivity contribution in [1.82, 2.24) is 10.6 Å². The van der Waals surface area contributed by atoms with Crippen LogP contribution in [-0.4, -0.2) is 53.9 Å². The summed E-state index contributed by atoms with van der Waals surface area (Å²) in [5.41, 5.74) is 4.68. The minimum absolute atomic E-state index is 0.0740. The lowest BCUT2D eigenvalue weighted by atomic mass is 10.2. The highest BCUT2D eigenvalue weighted by Gasteiger charge is 2.16. The Bertz CT molecular complexity index is 243. The first-order valence-corrected chi connectivity index (χ1v) is 5.99. The second-order valence-corrected chi connectivity index (χ2v) is 4.97. The van der Waals surface area contributed by atoms with E-state index >= 15 is 0 Å². The molecule has 6 N–H and O–H groups in total. The van der Waals surface area contributed by atoms with Gasteiger partial charge in [-0.2, -0.15) is 0 Å². The Balaban J connectivity index is 3.62. The van der Waals surface area contributed by atoms with Gasteiger partial charge >= 0.3 is 5.97 Å². The number of carbonyl (C=O) groups is 1. The van der Waals surface area contributed by atoms with E-state index in [9.17, 15) is 9.90 Å². The number of nitrogens with two attached hydrogens (primary N) is 1. The van der Waals surface area contributed by atoms with Gasteiger partial charge < -0.3 is 20.7 Å². The van der Waals surface area contributed by atoms with Gasteiger partial charge in [-0.1, -0.05) is 0 Å². The smallest absolute Gasteiger partial charge is 0.307 e. The standard InChI is InChI=1S/C11H25N3O4/c1-11(2,3)18-10(17)4-5-13-9(16)7-14-8(15)6-12/h8-9,13-16H,4-7,12H2,1-3H3. The lowest BCUT2D eigenvalue weighted by Crippen LogP contribution is -2.45. The molecule has 0 aliphatic rings. The summed E-state index contributed by atoms with van der Waals surface area (Å²) >= 11 is 0. The van der Waals surface area contributed by atoms with Gasteiger partial charge in [-0.3, -0.25) is 15.4 Å². The number of ether oxygens (including phenoxy) is 1. The van der Waals surface area contributed by atoms with E-state index in [0.29, 0.717) is 6.54 Å². The molecule has 0 amide bonds. The molecule has 0 aromatic carbocycles. The molecule has 0 radical (unpaired) electrons. The number of rotatable bonds is 8. The highest BCUT2D eigenvalue weighted by Crippen LogP contribution is 2.07. The Morgan fingerprint density at radius 1 is 1.28 bits per heavy atom. The third-order valence-electron chi connectivity index (χ3n) is 1.90. The van der Waals surface area contributed by atoms with Crippen LogP contribution in [0.15, 0.2) is 0 Å². The highest BCUT2D eigenvalue weighted by molar-refractivity contribution is 5.70.